The van der Waals surface area contributed by atoms with Crippen molar-refractivity contribution in [2.45, 2.75) is 93.4 Å². The molecule has 5 fully saturated rings. The fourth-order valence-corrected chi connectivity index (χ4v) is 7.55. The van der Waals surface area contributed by atoms with E-state index in [1.54, 1.807) is 7.11 Å². The SMILES string of the molecule is CO[C@@H]1COCC[C@@H]1N[C@@H]1CC[C@@](C(=O)N2C[C@H]3C[C@@H]2CN3c2ccnc(C(F)(F)F)n2)(C2(O)CCC2)C1. The molecule has 4 heterocycles. The molecule has 0 unspecified atom stereocenters. The molecule has 12 heteroatoms. The summed E-state index contributed by atoms with van der Waals surface area (Å²) >= 11 is 0. The van der Waals surface area contributed by atoms with Crippen molar-refractivity contribution in [3.05, 3.63) is 18.1 Å². The molecule has 2 aliphatic carbocycles. The number of hydrogen-bond donors (Lipinski definition) is 2. The molecule has 38 heavy (non-hydrogen) atoms. The Labute approximate surface area is 220 Å². The Morgan fingerprint density at radius 1 is 1.24 bits per heavy atom. The van der Waals surface area contributed by atoms with Crippen LogP contribution in [0, 0.1) is 5.41 Å². The number of ether oxygens (including phenoxy) is 2. The van der Waals surface area contributed by atoms with E-state index in [4.69, 9.17) is 9.47 Å². The number of nitrogens with zero attached hydrogens (tertiary/aromatic N) is 4. The Kier molecular flexibility index (Phi) is 6.60. The zero-order valence-corrected chi connectivity index (χ0v) is 21.6. The van der Waals surface area contributed by atoms with Crippen LogP contribution in [0.25, 0.3) is 0 Å². The number of hydrogen-bond acceptors (Lipinski definition) is 8. The first kappa shape index (κ1) is 26.2. The summed E-state index contributed by atoms with van der Waals surface area (Å²) in [7, 11) is 1.69. The van der Waals surface area contributed by atoms with Gasteiger partial charge in [0.15, 0.2) is 0 Å². The molecule has 2 N–H and O–H groups in total. The summed E-state index contributed by atoms with van der Waals surface area (Å²) < 4.78 is 50.6. The minimum absolute atomic E-state index is 0.00471. The van der Waals surface area contributed by atoms with Gasteiger partial charge in [0.05, 0.1) is 35.8 Å². The van der Waals surface area contributed by atoms with Crippen LogP contribution >= 0.6 is 0 Å². The van der Waals surface area contributed by atoms with Gasteiger partial charge in [0, 0.05) is 45.1 Å². The van der Waals surface area contributed by atoms with Crippen LogP contribution in [-0.4, -0.2) is 95.2 Å². The fraction of sp³-hybridized carbons (Fsp3) is 0.808. The molecule has 3 saturated heterocycles. The normalized spacial score (nSPS) is 36.5. The summed E-state index contributed by atoms with van der Waals surface area (Å²) in [6.07, 6.45) is 2.17. The minimum Gasteiger partial charge on any atom is -0.389 e. The largest absolute Gasteiger partial charge is 0.451 e. The molecule has 6 atom stereocenters. The average molecular weight is 540 g/mol. The number of anilines is 1. The second kappa shape index (κ2) is 9.57. The smallest absolute Gasteiger partial charge is 0.389 e. The van der Waals surface area contributed by atoms with Crippen LogP contribution in [0.5, 0.6) is 0 Å². The van der Waals surface area contributed by atoms with Gasteiger partial charge in [-0.2, -0.15) is 13.2 Å². The lowest BCUT2D eigenvalue weighted by Gasteiger charge is -2.52. The topological polar surface area (TPSA) is 100 Å². The van der Waals surface area contributed by atoms with Crippen molar-refractivity contribution in [3.8, 4) is 0 Å². The summed E-state index contributed by atoms with van der Waals surface area (Å²) in [5, 5.41) is 15.4. The van der Waals surface area contributed by atoms with E-state index < -0.39 is 23.0 Å². The van der Waals surface area contributed by atoms with E-state index in [9.17, 15) is 23.1 Å². The summed E-state index contributed by atoms with van der Waals surface area (Å²) in [6.45, 7) is 2.07. The predicted octanol–water partition coefficient (Wildman–Crippen LogP) is 2.13. The van der Waals surface area contributed by atoms with E-state index in [1.807, 2.05) is 9.80 Å². The maximum atomic E-state index is 14.3. The number of methoxy groups -OCH3 is 1. The Morgan fingerprint density at radius 2 is 2.05 bits per heavy atom. The zero-order valence-electron chi connectivity index (χ0n) is 21.6. The first-order valence-corrected chi connectivity index (χ1v) is 13.7. The predicted molar refractivity (Wildman–Crippen MR) is 130 cm³/mol. The minimum atomic E-state index is -4.61. The molecular weight excluding hydrogens is 503 g/mol. The second-order valence-electron chi connectivity index (χ2n) is 11.7. The van der Waals surface area contributed by atoms with E-state index in [-0.39, 0.29) is 42.0 Å². The molecule has 0 radical (unpaired) electrons. The van der Waals surface area contributed by atoms with Gasteiger partial charge in [-0.05, 0) is 57.4 Å². The van der Waals surface area contributed by atoms with Crippen LogP contribution in [0.4, 0.5) is 19.0 Å². The van der Waals surface area contributed by atoms with Gasteiger partial charge in [-0.3, -0.25) is 4.79 Å². The lowest BCUT2D eigenvalue weighted by molar-refractivity contribution is -0.178. The highest BCUT2D eigenvalue weighted by atomic mass is 19.4. The van der Waals surface area contributed by atoms with Crippen molar-refractivity contribution < 1.29 is 32.5 Å². The number of piperazine rings is 1. The van der Waals surface area contributed by atoms with E-state index in [1.165, 1.54) is 6.07 Å². The molecule has 2 bridgehead atoms. The van der Waals surface area contributed by atoms with Crippen LogP contribution in [-0.2, 0) is 20.4 Å². The van der Waals surface area contributed by atoms with Crippen molar-refractivity contribution in [2.24, 2.45) is 5.41 Å². The Hall–Kier alpha value is -2.02. The third-order valence-electron chi connectivity index (χ3n) is 9.74. The lowest BCUT2D eigenvalue weighted by Crippen LogP contribution is -2.63. The highest BCUT2D eigenvalue weighted by Crippen LogP contribution is 2.57. The number of likely N-dealkylation sites (tertiary alicyclic amines) is 1. The van der Waals surface area contributed by atoms with Gasteiger partial charge in [-0.15, -0.1) is 0 Å². The molecule has 5 aliphatic rings. The van der Waals surface area contributed by atoms with Gasteiger partial charge in [0.1, 0.15) is 5.82 Å². The van der Waals surface area contributed by atoms with Crippen LogP contribution in [0.15, 0.2) is 12.3 Å². The first-order chi connectivity index (χ1) is 18.1. The Bertz CT molecular complexity index is 1060. The number of aliphatic hydroxyl groups is 1. The third kappa shape index (κ3) is 4.28. The van der Waals surface area contributed by atoms with Gasteiger partial charge < -0.3 is 29.7 Å². The highest BCUT2D eigenvalue weighted by molar-refractivity contribution is 5.86. The molecule has 210 valence electrons. The van der Waals surface area contributed by atoms with Gasteiger partial charge in [-0.1, -0.05) is 0 Å². The third-order valence-corrected chi connectivity index (χ3v) is 9.74. The van der Waals surface area contributed by atoms with Crippen molar-refractivity contribution >= 4 is 11.7 Å². The number of carbonyl (C=O) groups is 1. The van der Waals surface area contributed by atoms with Gasteiger partial charge in [0.2, 0.25) is 11.7 Å². The van der Waals surface area contributed by atoms with E-state index in [2.05, 4.69) is 15.3 Å². The van der Waals surface area contributed by atoms with E-state index in [0.717, 1.165) is 25.5 Å². The highest BCUT2D eigenvalue weighted by Gasteiger charge is 2.64. The van der Waals surface area contributed by atoms with Crippen LogP contribution in [0.3, 0.4) is 0 Å². The Morgan fingerprint density at radius 3 is 2.71 bits per heavy atom. The Balaban J connectivity index is 1.17. The molecule has 0 aromatic carbocycles. The van der Waals surface area contributed by atoms with Crippen molar-refractivity contribution in [3.63, 3.8) is 0 Å². The number of alkyl halides is 3. The van der Waals surface area contributed by atoms with Gasteiger partial charge >= 0.3 is 6.18 Å². The van der Waals surface area contributed by atoms with E-state index >= 15 is 0 Å². The maximum Gasteiger partial charge on any atom is 0.451 e. The molecule has 1 aromatic rings. The number of nitrogens with one attached hydrogen (secondary N) is 1. The standard InChI is InChI=1S/C26H36F3N5O4/c1-37-20-15-38-10-5-19(20)31-16-3-8-24(12-16,25(36)6-2-7-25)23(35)34-14-17-11-18(34)13-33(17)21-4-9-30-22(32-21)26(27,28)29/h4,9,16-20,31,36H,2-3,5-8,10-15H2,1H3/t16-,17-,18-,19+,20-,24-/m1/s1. The van der Waals surface area contributed by atoms with E-state index in [0.29, 0.717) is 58.4 Å². The van der Waals surface area contributed by atoms with Crippen molar-refractivity contribution in [1.29, 1.82) is 0 Å². The number of fused-ring (bicyclic) bond motifs is 2. The first-order valence-electron chi connectivity index (χ1n) is 13.7. The summed E-state index contributed by atoms with van der Waals surface area (Å²) in [6, 6.07) is 1.52. The van der Waals surface area contributed by atoms with Crippen LogP contribution < -0.4 is 10.2 Å². The van der Waals surface area contributed by atoms with Gasteiger partial charge in [0.25, 0.3) is 0 Å². The number of aromatic nitrogens is 2. The number of amides is 1. The van der Waals surface area contributed by atoms with Crippen LogP contribution in [0.1, 0.15) is 57.2 Å². The second-order valence-corrected chi connectivity index (χ2v) is 11.7. The van der Waals surface area contributed by atoms with Crippen molar-refractivity contribution in [2.75, 3.05) is 38.3 Å². The molecule has 9 nitrogen and oxygen atoms in total. The number of carbonyl (C=O) groups excluding carboxylic acids is 1. The summed E-state index contributed by atoms with van der Waals surface area (Å²) in [4.78, 5) is 25.2. The molecule has 1 amide bonds. The average Bonchev–Trinajstić information content (AvgIpc) is 3.62. The number of halogens is 3. The summed E-state index contributed by atoms with van der Waals surface area (Å²) in [5.41, 5.74) is -1.85. The van der Waals surface area contributed by atoms with Crippen LogP contribution in [0.2, 0.25) is 0 Å². The molecular formula is C26H36F3N5O4. The molecule has 1 aromatic heterocycles. The molecule has 2 saturated carbocycles. The molecule has 0 spiro atoms. The molecule has 6 rings (SSSR count). The maximum absolute atomic E-state index is 14.3. The summed E-state index contributed by atoms with van der Waals surface area (Å²) in [5.74, 6) is -0.903. The lowest BCUT2D eigenvalue weighted by atomic mass is 9.59. The number of rotatable bonds is 6. The zero-order chi connectivity index (χ0) is 26.7. The quantitative estimate of drug-likeness (QED) is 0.568. The monoisotopic (exact) mass is 539 g/mol. The van der Waals surface area contributed by atoms with Crippen molar-refractivity contribution in [1.82, 2.24) is 20.2 Å². The molecule has 3 aliphatic heterocycles. The van der Waals surface area contributed by atoms with Gasteiger partial charge in [-0.25, -0.2) is 9.97 Å². The fourth-order valence-electron chi connectivity index (χ4n) is 7.55.